The first kappa shape index (κ1) is 15.8. The van der Waals surface area contributed by atoms with Crippen LogP contribution in [0.1, 0.15) is 48.0 Å². The Labute approximate surface area is 103 Å². The van der Waals surface area contributed by atoms with Crippen molar-refractivity contribution in [3.63, 3.8) is 0 Å². The van der Waals surface area contributed by atoms with Crippen LogP contribution in [0.25, 0.3) is 0 Å². The van der Waals surface area contributed by atoms with Gasteiger partial charge in [-0.2, -0.15) is 5.01 Å². The molecule has 0 aromatic carbocycles. The molecule has 0 bridgehead atoms. The zero-order chi connectivity index (χ0) is 13.8. The van der Waals surface area contributed by atoms with Gasteiger partial charge in [-0.15, -0.1) is 0 Å². The van der Waals surface area contributed by atoms with Crippen molar-refractivity contribution in [1.82, 2.24) is 5.01 Å². The number of allylic oxidation sites excluding steroid dienone is 1. The first-order valence-corrected chi connectivity index (χ1v) is 5.71. The van der Waals surface area contributed by atoms with E-state index in [2.05, 4.69) is 0 Å². The van der Waals surface area contributed by atoms with Crippen molar-refractivity contribution in [1.29, 1.82) is 0 Å². The first-order chi connectivity index (χ1) is 7.54. The molecule has 0 aliphatic carbocycles. The Morgan fingerprint density at radius 3 is 2.24 bits per heavy atom. The molecule has 1 amide bonds. The highest BCUT2D eigenvalue weighted by Gasteiger charge is 2.23. The highest BCUT2D eigenvalue weighted by molar-refractivity contribution is 5.69. The lowest BCUT2D eigenvalue weighted by Gasteiger charge is -2.24. The Morgan fingerprint density at radius 1 is 1.41 bits per heavy atom. The summed E-state index contributed by atoms with van der Waals surface area (Å²) in [5.74, 6) is 5.63. The van der Waals surface area contributed by atoms with Gasteiger partial charge in [0.25, 0.3) is 0 Å². The van der Waals surface area contributed by atoms with Crippen molar-refractivity contribution in [3.8, 4) is 0 Å². The van der Waals surface area contributed by atoms with Crippen LogP contribution in [-0.4, -0.2) is 21.8 Å². The molecule has 3 N–H and O–H groups in total. The predicted molar refractivity (Wildman–Crippen MR) is 67.0 cm³/mol. The molecule has 0 radical (unpaired) electrons. The van der Waals surface area contributed by atoms with Crippen LogP contribution in [0, 0.1) is 5.92 Å². The summed E-state index contributed by atoms with van der Waals surface area (Å²) in [5.41, 5.74) is 0.0226. The summed E-state index contributed by atoms with van der Waals surface area (Å²) < 4.78 is 5.04. The average molecular weight is 244 g/mol. The topological polar surface area (TPSA) is 75.8 Å². The minimum Gasteiger partial charge on any atom is -0.493 e. The van der Waals surface area contributed by atoms with Gasteiger partial charge in [-0.1, -0.05) is 13.8 Å². The van der Waals surface area contributed by atoms with E-state index in [0.29, 0.717) is 22.9 Å². The number of nitrogens with two attached hydrogens (primary N) is 1. The van der Waals surface area contributed by atoms with E-state index < -0.39 is 11.7 Å². The van der Waals surface area contributed by atoms with E-state index in [0.717, 1.165) is 0 Å². The lowest BCUT2D eigenvalue weighted by Crippen LogP contribution is -2.41. The molecule has 0 atom stereocenters. The third-order valence-electron chi connectivity index (χ3n) is 1.91. The molecule has 0 fully saturated rings. The van der Waals surface area contributed by atoms with E-state index >= 15 is 0 Å². The molecule has 100 valence electrons. The van der Waals surface area contributed by atoms with Crippen molar-refractivity contribution >= 4 is 6.09 Å². The van der Waals surface area contributed by atoms with Crippen LogP contribution in [0.4, 0.5) is 4.79 Å². The Hall–Kier alpha value is -1.23. The van der Waals surface area contributed by atoms with Crippen molar-refractivity contribution in [2.45, 2.75) is 53.6 Å². The number of ether oxygens (including phenoxy) is 1. The van der Waals surface area contributed by atoms with Gasteiger partial charge in [0, 0.05) is 0 Å². The number of aliphatic hydroxyl groups is 1. The summed E-state index contributed by atoms with van der Waals surface area (Å²) in [4.78, 5) is 11.6. The van der Waals surface area contributed by atoms with Crippen LogP contribution in [0.5, 0.6) is 0 Å². The highest BCUT2D eigenvalue weighted by Crippen LogP contribution is 2.16. The second kappa shape index (κ2) is 5.91. The fourth-order valence-electron chi connectivity index (χ4n) is 1.31. The van der Waals surface area contributed by atoms with E-state index in [-0.39, 0.29) is 5.88 Å². The number of carbonyl (C=O) groups is 1. The fraction of sp³-hybridized carbons (Fsp3) is 0.750. The van der Waals surface area contributed by atoms with Gasteiger partial charge in [-0.3, -0.25) is 0 Å². The van der Waals surface area contributed by atoms with E-state index in [1.807, 2.05) is 13.8 Å². The molecule has 0 heterocycles. The standard InChI is InChI=1S/C12H24N2O3/c1-8(2)7-9(3)10(15)14(13)11(16)17-12(4,5)6/h8,15H,7,13H2,1-6H3. The van der Waals surface area contributed by atoms with Crippen LogP contribution in [0.15, 0.2) is 11.5 Å². The molecule has 5 nitrogen and oxygen atoms in total. The van der Waals surface area contributed by atoms with Gasteiger partial charge in [-0.25, -0.2) is 10.6 Å². The molecule has 0 aliphatic heterocycles. The third kappa shape index (κ3) is 6.16. The Balaban J connectivity index is 4.69. The Kier molecular flexibility index (Phi) is 5.48. The summed E-state index contributed by atoms with van der Waals surface area (Å²) in [7, 11) is 0. The minimum atomic E-state index is -0.766. The number of aliphatic hydroxyl groups excluding tert-OH is 1. The number of carbonyl (C=O) groups excluding carboxylic acids is 1. The maximum absolute atomic E-state index is 11.6. The van der Waals surface area contributed by atoms with Crippen molar-refractivity contribution in [3.05, 3.63) is 11.5 Å². The van der Waals surface area contributed by atoms with E-state index in [9.17, 15) is 9.90 Å². The van der Waals surface area contributed by atoms with Gasteiger partial charge in [0.05, 0.1) is 0 Å². The molecule has 0 saturated heterocycles. The SMILES string of the molecule is CC(CC(C)C)=C(O)N(N)C(=O)OC(C)(C)C. The quantitative estimate of drug-likeness (QED) is 0.346. The molecule has 0 aromatic rings. The molecule has 0 spiro atoms. The smallest absolute Gasteiger partial charge is 0.431 e. The zero-order valence-electron chi connectivity index (χ0n) is 11.6. The Morgan fingerprint density at radius 2 is 1.88 bits per heavy atom. The summed E-state index contributed by atoms with van der Waals surface area (Å²) >= 11 is 0. The summed E-state index contributed by atoms with van der Waals surface area (Å²) in [6.07, 6.45) is -0.0967. The Bertz CT molecular complexity index is 303. The number of hydrogen-bond donors (Lipinski definition) is 2. The minimum absolute atomic E-state index is 0.243. The molecule has 0 aliphatic rings. The number of nitrogens with zero attached hydrogens (tertiary/aromatic N) is 1. The molecular weight excluding hydrogens is 220 g/mol. The molecule has 17 heavy (non-hydrogen) atoms. The van der Waals surface area contributed by atoms with Gasteiger partial charge in [-0.05, 0) is 45.6 Å². The molecular formula is C12H24N2O3. The number of amides is 1. The fourth-order valence-corrected chi connectivity index (χ4v) is 1.31. The largest absolute Gasteiger partial charge is 0.493 e. The number of hydrogen-bond acceptors (Lipinski definition) is 4. The van der Waals surface area contributed by atoms with Gasteiger partial charge in [0.15, 0.2) is 0 Å². The second-order valence-corrected chi connectivity index (χ2v) is 5.55. The van der Waals surface area contributed by atoms with E-state index in [1.54, 1.807) is 27.7 Å². The van der Waals surface area contributed by atoms with Crippen LogP contribution >= 0.6 is 0 Å². The first-order valence-electron chi connectivity index (χ1n) is 5.71. The third-order valence-corrected chi connectivity index (χ3v) is 1.91. The average Bonchev–Trinajstić information content (AvgIpc) is 2.11. The van der Waals surface area contributed by atoms with Gasteiger partial charge < -0.3 is 9.84 Å². The van der Waals surface area contributed by atoms with Crippen molar-refractivity contribution in [2.24, 2.45) is 11.8 Å². The molecule has 0 aromatic heterocycles. The highest BCUT2D eigenvalue weighted by atomic mass is 16.6. The predicted octanol–water partition coefficient (Wildman–Crippen LogP) is 2.93. The summed E-state index contributed by atoms with van der Waals surface area (Å²) in [5, 5.41) is 10.4. The van der Waals surface area contributed by atoms with Crippen molar-refractivity contribution in [2.75, 3.05) is 0 Å². The number of rotatable bonds is 3. The van der Waals surface area contributed by atoms with Gasteiger partial charge in [0.2, 0.25) is 5.88 Å². The van der Waals surface area contributed by atoms with Gasteiger partial charge in [0.1, 0.15) is 5.60 Å². The lowest BCUT2D eigenvalue weighted by atomic mass is 10.1. The lowest BCUT2D eigenvalue weighted by molar-refractivity contribution is 0.0219. The summed E-state index contributed by atoms with van der Waals surface area (Å²) in [6.45, 7) is 11.0. The second-order valence-electron chi connectivity index (χ2n) is 5.55. The van der Waals surface area contributed by atoms with Crippen LogP contribution in [0.3, 0.4) is 0 Å². The van der Waals surface area contributed by atoms with Crippen LogP contribution < -0.4 is 5.84 Å². The van der Waals surface area contributed by atoms with Gasteiger partial charge >= 0.3 is 6.09 Å². The monoisotopic (exact) mass is 244 g/mol. The van der Waals surface area contributed by atoms with E-state index in [1.165, 1.54) is 0 Å². The maximum Gasteiger partial charge on any atom is 0.431 e. The van der Waals surface area contributed by atoms with Crippen LogP contribution in [-0.2, 0) is 4.74 Å². The normalized spacial score (nSPS) is 13.4. The van der Waals surface area contributed by atoms with E-state index in [4.69, 9.17) is 10.6 Å². The molecule has 0 saturated carbocycles. The van der Waals surface area contributed by atoms with Crippen molar-refractivity contribution < 1.29 is 14.6 Å². The molecule has 0 rings (SSSR count). The summed E-state index contributed by atoms with van der Waals surface area (Å²) in [6, 6.07) is 0. The zero-order valence-corrected chi connectivity index (χ0v) is 11.6. The molecule has 5 heteroatoms. The van der Waals surface area contributed by atoms with Crippen LogP contribution in [0.2, 0.25) is 0 Å². The number of hydrazine groups is 1. The maximum atomic E-state index is 11.6. The molecule has 0 unspecified atom stereocenters.